The number of benzene rings is 3. The van der Waals surface area contributed by atoms with Crippen LogP contribution in [-0.2, 0) is 18.4 Å². The van der Waals surface area contributed by atoms with Gasteiger partial charge in [0.05, 0.1) is 11.0 Å². The van der Waals surface area contributed by atoms with Gasteiger partial charge in [0.1, 0.15) is 5.82 Å². The first-order valence-electron chi connectivity index (χ1n) is 12.3. The van der Waals surface area contributed by atoms with E-state index in [-0.39, 0.29) is 11.3 Å². The summed E-state index contributed by atoms with van der Waals surface area (Å²) >= 11 is 0. The molecule has 36 heavy (non-hydrogen) atoms. The minimum absolute atomic E-state index is 0.0745. The molecule has 0 bridgehead atoms. The Kier molecular flexibility index (Phi) is 6.67. The van der Waals surface area contributed by atoms with E-state index in [9.17, 15) is 9.59 Å². The molecule has 0 radical (unpaired) electrons. The molecular formula is C30H29N3O3. The van der Waals surface area contributed by atoms with Crippen molar-refractivity contribution in [2.45, 2.75) is 31.2 Å². The molecule has 1 aliphatic heterocycles. The molecule has 1 aliphatic rings. The standard InChI is InChI=1S/C30H29N3O3/c34-27(24-7-3-1-4-8-24)32-20-16-30(17-21-32,26-9-5-2-6-10-26)29-31-18-22-33(29)19-15-23-11-13-25(14-12-23)28(35)36/h1-14,18,22H,15-17,19-21H2,(H,35,36). The van der Waals surface area contributed by atoms with Crippen molar-refractivity contribution in [3.8, 4) is 0 Å². The number of imidazole rings is 1. The van der Waals surface area contributed by atoms with E-state index >= 15 is 0 Å². The third-order valence-corrected chi connectivity index (χ3v) is 7.24. The number of carboxylic acids is 1. The van der Waals surface area contributed by atoms with Crippen molar-refractivity contribution in [2.24, 2.45) is 0 Å². The Morgan fingerprint density at radius 1 is 0.833 bits per heavy atom. The van der Waals surface area contributed by atoms with Crippen LogP contribution in [0.2, 0.25) is 0 Å². The summed E-state index contributed by atoms with van der Waals surface area (Å²) in [7, 11) is 0. The van der Waals surface area contributed by atoms with Crippen molar-refractivity contribution < 1.29 is 14.7 Å². The second kappa shape index (κ2) is 10.2. The molecule has 0 atom stereocenters. The van der Waals surface area contributed by atoms with Crippen LogP contribution in [0.15, 0.2) is 97.3 Å². The highest BCUT2D eigenvalue weighted by molar-refractivity contribution is 5.94. The normalized spacial score (nSPS) is 14.9. The third kappa shape index (κ3) is 4.67. The summed E-state index contributed by atoms with van der Waals surface area (Å²) in [4.78, 5) is 31.1. The lowest BCUT2D eigenvalue weighted by molar-refractivity contribution is 0.0676. The molecule has 0 spiro atoms. The van der Waals surface area contributed by atoms with Crippen LogP contribution in [0, 0.1) is 0 Å². The van der Waals surface area contributed by atoms with Gasteiger partial charge in [0, 0.05) is 37.6 Å². The largest absolute Gasteiger partial charge is 0.478 e. The van der Waals surface area contributed by atoms with E-state index in [1.807, 2.05) is 65.8 Å². The van der Waals surface area contributed by atoms with Crippen molar-refractivity contribution in [1.82, 2.24) is 14.5 Å². The number of aromatic carboxylic acids is 1. The Balaban J connectivity index is 1.39. The number of hydrogen-bond acceptors (Lipinski definition) is 3. The van der Waals surface area contributed by atoms with Gasteiger partial charge in [-0.2, -0.15) is 0 Å². The Bertz CT molecular complexity index is 1320. The first-order valence-corrected chi connectivity index (χ1v) is 12.3. The van der Waals surface area contributed by atoms with Gasteiger partial charge >= 0.3 is 5.97 Å². The first-order chi connectivity index (χ1) is 17.6. The molecule has 6 nitrogen and oxygen atoms in total. The summed E-state index contributed by atoms with van der Waals surface area (Å²) in [6.45, 7) is 2.06. The fraction of sp³-hybridized carbons (Fsp3) is 0.233. The average Bonchev–Trinajstić information content (AvgIpc) is 3.42. The zero-order chi connectivity index (χ0) is 25.0. The van der Waals surface area contributed by atoms with Gasteiger partial charge in [0.25, 0.3) is 5.91 Å². The number of amides is 1. The molecule has 6 heteroatoms. The van der Waals surface area contributed by atoms with Gasteiger partial charge in [0.2, 0.25) is 0 Å². The van der Waals surface area contributed by atoms with Crippen molar-refractivity contribution in [3.63, 3.8) is 0 Å². The molecule has 2 heterocycles. The molecule has 3 aromatic carbocycles. The molecule has 1 amide bonds. The van der Waals surface area contributed by atoms with E-state index in [2.05, 4.69) is 28.8 Å². The Labute approximate surface area is 210 Å². The zero-order valence-electron chi connectivity index (χ0n) is 20.1. The zero-order valence-corrected chi connectivity index (χ0v) is 20.1. The predicted molar refractivity (Wildman–Crippen MR) is 138 cm³/mol. The highest BCUT2D eigenvalue weighted by Gasteiger charge is 2.42. The van der Waals surface area contributed by atoms with E-state index < -0.39 is 5.97 Å². The van der Waals surface area contributed by atoms with Crippen LogP contribution in [0.1, 0.15) is 50.5 Å². The van der Waals surface area contributed by atoms with Crippen molar-refractivity contribution in [3.05, 3.63) is 125 Å². The molecule has 1 fully saturated rings. The number of aryl methyl sites for hydroxylation is 2. The topological polar surface area (TPSA) is 75.4 Å². The van der Waals surface area contributed by atoms with Crippen LogP contribution in [0.4, 0.5) is 0 Å². The number of nitrogens with zero attached hydrogens (tertiary/aromatic N) is 3. The van der Waals surface area contributed by atoms with E-state index in [4.69, 9.17) is 10.1 Å². The minimum atomic E-state index is -0.916. The van der Waals surface area contributed by atoms with E-state index in [1.165, 1.54) is 5.56 Å². The maximum Gasteiger partial charge on any atom is 0.335 e. The monoisotopic (exact) mass is 479 g/mol. The second-order valence-electron chi connectivity index (χ2n) is 9.30. The molecule has 0 saturated carbocycles. The van der Waals surface area contributed by atoms with Crippen LogP contribution in [0.5, 0.6) is 0 Å². The Hall–Kier alpha value is -4.19. The van der Waals surface area contributed by atoms with Crippen molar-refractivity contribution in [1.29, 1.82) is 0 Å². The number of piperidine rings is 1. The summed E-state index contributed by atoms with van der Waals surface area (Å²) in [5, 5.41) is 9.15. The highest BCUT2D eigenvalue weighted by atomic mass is 16.4. The van der Waals surface area contributed by atoms with Gasteiger partial charge in [-0.3, -0.25) is 4.79 Å². The van der Waals surface area contributed by atoms with Crippen LogP contribution in [0.3, 0.4) is 0 Å². The smallest absolute Gasteiger partial charge is 0.335 e. The quantitative estimate of drug-likeness (QED) is 0.403. The molecular weight excluding hydrogens is 450 g/mol. The maximum atomic E-state index is 13.1. The van der Waals surface area contributed by atoms with E-state index in [1.54, 1.807) is 12.1 Å². The summed E-state index contributed by atoms with van der Waals surface area (Å²) < 4.78 is 2.22. The van der Waals surface area contributed by atoms with E-state index in [0.29, 0.717) is 18.7 Å². The average molecular weight is 480 g/mol. The summed E-state index contributed by atoms with van der Waals surface area (Å²) in [5.74, 6) is 0.174. The second-order valence-corrected chi connectivity index (χ2v) is 9.30. The molecule has 1 N–H and O–H groups in total. The lowest BCUT2D eigenvalue weighted by Crippen LogP contribution is -2.47. The van der Waals surface area contributed by atoms with Gasteiger partial charge < -0.3 is 14.6 Å². The number of rotatable bonds is 7. The SMILES string of the molecule is O=C(O)c1ccc(CCn2ccnc2C2(c3ccccc3)CCN(C(=O)c3ccccc3)CC2)cc1. The number of carboxylic acid groups (broad SMARTS) is 1. The van der Waals surface area contributed by atoms with Crippen LogP contribution in [-0.4, -0.2) is 44.5 Å². The highest BCUT2D eigenvalue weighted by Crippen LogP contribution is 2.41. The third-order valence-electron chi connectivity index (χ3n) is 7.24. The van der Waals surface area contributed by atoms with Gasteiger partial charge in [-0.05, 0) is 54.7 Å². The number of hydrogen-bond donors (Lipinski definition) is 1. The van der Waals surface area contributed by atoms with Crippen molar-refractivity contribution >= 4 is 11.9 Å². The molecule has 4 aromatic rings. The first kappa shape index (κ1) is 23.5. The lowest BCUT2D eigenvalue weighted by atomic mass is 9.71. The maximum absolute atomic E-state index is 13.1. The Morgan fingerprint density at radius 2 is 1.47 bits per heavy atom. The van der Waals surface area contributed by atoms with Crippen LogP contribution in [0.25, 0.3) is 0 Å². The Morgan fingerprint density at radius 3 is 2.11 bits per heavy atom. The molecule has 182 valence electrons. The number of likely N-dealkylation sites (tertiary alicyclic amines) is 1. The van der Waals surface area contributed by atoms with Gasteiger partial charge in [0.15, 0.2) is 0 Å². The van der Waals surface area contributed by atoms with Gasteiger partial charge in [-0.25, -0.2) is 9.78 Å². The predicted octanol–water partition coefficient (Wildman–Crippen LogP) is 5.05. The lowest BCUT2D eigenvalue weighted by Gasteiger charge is -2.42. The summed E-state index contributed by atoms with van der Waals surface area (Å²) in [6.07, 6.45) is 6.23. The number of aromatic nitrogens is 2. The number of carbonyl (C=O) groups is 2. The van der Waals surface area contributed by atoms with Crippen LogP contribution < -0.4 is 0 Å². The fourth-order valence-corrected chi connectivity index (χ4v) is 5.23. The van der Waals surface area contributed by atoms with E-state index in [0.717, 1.165) is 42.8 Å². The summed E-state index contributed by atoms with van der Waals surface area (Å²) in [6, 6.07) is 27.0. The molecule has 5 rings (SSSR count). The summed E-state index contributed by atoms with van der Waals surface area (Å²) in [5.41, 5.74) is 3.03. The molecule has 1 saturated heterocycles. The minimum Gasteiger partial charge on any atom is -0.478 e. The molecule has 1 aromatic heterocycles. The van der Waals surface area contributed by atoms with Gasteiger partial charge in [-0.1, -0.05) is 60.7 Å². The van der Waals surface area contributed by atoms with Gasteiger partial charge in [-0.15, -0.1) is 0 Å². The van der Waals surface area contributed by atoms with Crippen LogP contribution >= 0.6 is 0 Å². The number of carbonyl (C=O) groups excluding carboxylic acids is 1. The fourth-order valence-electron chi connectivity index (χ4n) is 5.23. The molecule has 0 unspecified atom stereocenters. The molecule has 0 aliphatic carbocycles. The van der Waals surface area contributed by atoms with Crippen molar-refractivity contribution in [2.75, 3.05) is 13.1 Å².